The molecule has 0 aliphatic heterocycles. The Bertz CT molecular complexity index is 536. The Morgan fingerprint density at radius 1 is 1.19 bits per heavy atom. The van der Waals surface area contributed by atoms with Gasteiger partial charge in [0, 0.05) is 31.3 Å². The van der Waals surface area contributed by atoms with E-state index in [4.69, 9.17) is 10.5 Å². The van der Waals surface area contributed by atoms with Crippen LogP contribution in [0.25, 0.3) is 0 Å². The van der Waals surface area contributed by atoms with E-state index in [1.54, 1.807) is 0 Å². The summed E-state index contributed by atoms with van der Waals surface area (Å²) >= 11 is 0. The molecule has 0 spiro atoms. The second kappa shape index (κ2) is 7.38. The van der Waals surface area contributed by atoms with E-state index in [9.17, 15) is 0 Å². The number of hydrogen-bond donors (Lipinski definition) is 1. The van der Waals surface area contributed by atoms with E-state index in [1.807, 2.05) is 42.1 Å². The number of nitrogens with two attached hydrogens (primary N) is 1. The fourth-order valence-corrected chi connectivity index (χ4v) is 2.41. The Hall–Kier alpha value is -1.65. The Kier molecular flexibility index (Phi) is 5.53. The van der Waals surface area contributed by atoms with Crippen molar-refractivity contribution in [2.24, 2.45) is 5.73 Å². The third-order valence-corrected chi connectivity index (χ3v) is 3.50. The van der Waals surface area contributed by atoms with Crippen LogP contribution in [-0.4, -0.2) is 22.4 Å². The van der Waals surface area contributed by atoms with Crippen molar-refractivity contribution in [3.63, 3.8) is 0 Å². The van der Waals surface area contributed by atoms with Crippen LogP contribution in [0.5, 0.6) is 0 Å². The number of hydrogen-bond acceptors (Lipinski definition) is 3. The topological polar surface area (TPSA) is 53.1 Å². The van der Waals surface area contributed by atoms with E-state index in [2.05, 4.69) is 31.1 Å². The van der Waals surface area contributed by atoms with E-state index in [-0.39, 0.29) is 12.1 Å². The van der Waals surface area contributed by atoms with Crippen LogP contribution in [0.4, 0.5) is 0 Å². The van der Waals surface area contributed by atoms with Crippen molar-refractivity contribution in [1.29, 1.82) is 0 Å². The van der Waals surface area contributed by atoms with Crippen LogP contribution in [0.15, 0.2) is 42.6 Å². The van der Waals surface area contributed by atoms with E-state index in [0.29, 0.717) is 19.1 Å². The highest BCUT2D eigenvalue weighted by atomic mass is 16.5. The quantitative estimate of drug-likeness (QED) is 0.851. The average Bonchev–Trinajstić information content (AvgIpc) is 2.94. The zero-order valence-electron chi connectivity index (χ0n) is 13.1. The van der Waals surface area contributed by atoms with Crippen molar-refractivity contribution in [2.75, 3.05) is 6.61 Å². The lowest BCUT2D eigenvalue weighted by atomic mass is 9.99. The molecule has 2 rings (SSSR count). The van der Waals surface area contributed by atoms with Gasteiger partial charge in [-0.05, 0) is 32.4 Å². The van der Waals surface area contributed by atoms with E-state index < -0.39 is 0 Å². The highest BCUT2D eigenvalue weighted by Gasteiger charge is 2.21. The molecule has 114 valence electrons. The molecule has 0 aliphatic carbocycles. The zero-order valence-corrected chi connectivity index (χ0v) is 13.1. The molecular weight excluding hydrogens is 262 g/mol. The molecule has 0 saturated heterocycles. The Balaban J connectivity index is 2.09. The van der Waals surface area contributed by atoms with Crippen LogP contribution >= 0.6 is 0 Å². The summed E-state index contributed by atoms with van der Waals surface area (Å²) in [6, 6.07) is 12.5. The summed E-state index contributed by atoms with van der Waals surface area (Å²) in [5, 5.41) is 4.57. The summed E-state index contributed by atoms with van der Waals surface area (Å²) in [6.07, 6.45) is 2.62. The highest BCUT2D eigenvalue weighted by Crippen LogP contribution is 2.22. The second-order valence-corrected chi connectivity index (χ2v) is 5.54. The van der Waals surface area contributed by atoms with Crippen molar-refractivity contribution in [3.8, 4) is 0 Å². The van der Waals surface area contributed by atoms with Crippen molar-refractivity contribution >= 4 is 0 Å². The van der Waals surface area contributed by atoms with Gasteiger partial charge in [-0.3, -0.25) is 4.68 Å². The molecule has 4 nitrogen and oxygen atoms in total. The van der Waals surface area contributed by atoms with Crippen molar-refractivity contribution in [1.82, 2.24) is 9.78 Å². The molecule has 1 heterocycles. The Morgan fingerprint density at radius 2 is 1.90 bits per heavy atom. The molecule has 2 N–H and O–H groups in total. The molecule has 4 heteroatoms. The minimum absolute atomic E-state index is 0.0969. The first kappa shape index (κ1) is 15.7. The molecule has 2 atom stereocenters. The van der Waals surface area contributed by atoms with Gasteiger partial charge >= 0.3 is 0 Å². The largest absolute Gasteiger partial charge is 0.372 e. The molecule has 0 radical (unpaired) electrons. The first-order valence-corrected chi connectivity index (χ1v) is 7.58. The average molecular weight is 287 g/mol. The predicted octanol–water partition coefficient (Wildman–Crippen LogP) is 3.11. The maximum Gasteiger partial charge on any atom is 0.0979 e. The van der Waals surface area contributed by atoms with Gasteiger partial charge in [0.2, 0.25) is 0 Å². The van der Waals surface area contributed by atoms with Crippen molar-refractivity contribution in [2.45, 2.75) is 45.4 Å². The van der Waals surface area contributed by atoms with Gasteiger partial charge in [-0.15, -0.1) is 0 Å². The van der Waals surface area contributed by atoms with Crippen LogP contribution < -0.4 is 5.73 Å². The third kappa shape index (κ3) is 4.16. The SMILES string of the molecule is CCOC(c1ccccc1)C(N)Cc1ccn(C(C)C)n1. The number of benzene rings is 1. The molecule has 0 aliphatic rings. The lowest BCUT2D eigenvalue weighted by Gasteiger charge is -2.23. The second-order valence-electron chi connectivity index (χ2n) is 5.54. The Labute approximate surface area is 126 Å². The van der Waals surface area contributed by atoms with Crippen LogP contribution in [0, 0.1) is 0 Å². The highest BCUT2D eigenvalue weighted by molar-refractivity contribution is 5.20. The molecule has 2 aromatic rings. The van der Waals surface area contributed by atoms with Gasteiger partial charge < -0.3 is 10.5 Å². The number of ether oxygens (including phenoxy) is 1. The molecule has 0 amide bonds. The van der Waals surface area contributed by atoms with Crippen molar-refractivity contribution in [3.05, 3.63) is 53.9 Å². The zero-order chi connectivity index (χ0) is 15.2. The molecular formula is C17H25N3O. The first-order chi connectivity index (χ1) is 10.1. The normalized spacial score (nSPS) is 14.3. The Morgan fingerprint density at radius 3 is 2.48 bits per heavy atom. The van der Waals surface area contributed by atoms with Crippen LogP contribution in [0.1, 0.15) is 44.2 Å². The molecule has 21 heavy (non-hydrogen) atoms. The van der Waals surface area contributed by atoms with Gasteiger partial charge in [-0.25, -0.2) is 0 Å². The molecule has 1 aromatic carbocycles. The van der Waals surface area contributed by atoms with Gasteiger partial charge in [0.25, 0.3) is 0 Å². The van der Waals surface area contributed by atoms with Crippen LogP contribution in [0.2, 0.25) is 0 Å². The van der Waals surface area contributed by atoms with E-state index in [0.717, 1.165) is 11.3 Å². The van der Waals surface area contributed by atoms with E-state index in [1.165, 1.54) is 0 Å². The third-order valence-electron chi connectivity index (χ3n) is 3.50. The first-order valence-electron chi connectivity index (χ1n) is 7.58. The monoisotopic (exact) mass is 287 g/mol. The van der Waals surface area contributed by atoms with Gasteiger partial charge in [-0.1, -0.05) is 30.3 Å². The molecule has 0 bridgehead atoms. The minimum Gasteiger partial charge on any atom is -0.372 e. The fourth-order valence-electron chi connectivity index (χ4n) is 2.41. The summed E-state index contributed by atoms with van der Waals surface area (Å²) in [5.41, 5.74) is 8.51. The number of nitrogens with zero attached hydrogens (tertiary/aromatic N) is 2. The van der Waals surface area contributed by atoms with Crippen molar-refractivity contribution < 1.29 is 4.74 Å². The molecule has 0 fully saturated rings. The van der Waals surface area contributed by atoms with Gasteiger partial charge in [0.1, 0.15) is 0 Å². The smallest absolute Gasteiger partial charge is 0.0979 e. The van der Waals surface area contributed by atoms with Crippen LogP contribution in [0.3, 0.4) is 0 Å². The van der Waals surface area contributed by atoms with Gasteiger partial charge in [0.05, 0.1) is 11.8 Å². The molecule has 0 saturated carbocycles. The summed E-state index contributed by atoms with van der Waals surface area (Å²) in [5.74, 6) is 0. The van der Waals surface area contributed by atoms with Gasteiger partial charge in [-0.2, -0.15) is 5.10 Å². The van der Waals surface area contributed by atoms with Crippen LogP contribution in [-0.2, 0) is 11.2 Å². The number of aromatic nitrogens is 2. The van der Waals surface area contributed by atoms with E-state index >= 15 is 0 Å². The maximum absolute atomic E-state index is 6.38. The van der Waals surface area contributed by atoms with Gasteiger partial charge in [0.15, 0.2) is 0 Å². The molecule has 1 aromatic heterocycles. The summed E-state index contributed by atoms with van der Waals surface area (Å²) in [4.78, 5) is 0. The lowest BCUT2D eigenvalue weighted by molar-refractivity contribution is 0.0430. The predicted molar refractivity (Wildman–Crippen MR) is 85.1 cm³/mol. The summed E-state index contributed by atoms with van der Waals surface area (Å²) in [7, 11) is 0. The lowest BCUT2D eigenvalue weighted by Crippen LogP contribution is -2.32. The summed E-state index contributed by atoms with van der Waals surface area (Å²) in [6.45, 7) is 6.87. The standard InChI is InChI=1S/C17H25N3O/c1-4-21-17(14-8-6-5-7-9-14)16(18)12-15-10-11-20(19-15)13(2)3/h5-11,13,16-17H,4,12,18H2,1-3H3. The fraction of sp³-hybridized carbons (Fsp3) is 0.471. The minimum atomic E-state index is -0.108. The molecule has 2 unspecified atom stereocenters. The summed E-state index contributed by atoms with van der Waals surface area (Å²) < 4.78 is 7.82. The number of rotatable bonds is 7. The maximum atomic E-state index is 6.38.